The molecule has 0 saturated heterocycles. The van der Waals surface area contributed by atoms with E-state index in [9.17, 15) is 0 Å². The fourth-order valence-corrected chi connectivity index (χ4v) is 1.81. The predicted octanol–water partition coefficient (Wildman–Crippen LogP) is 2.72. The molecule has 1 aromatic heterocycles. The molecular formula is C12H10N2. The van der Waals surface area contributed by atoms with E-state index in [1.54, 1.807) is 12.4 Å². The molecule has 0 aliphatic carbocycles. The van der Waals surface area contributed by atoms with Gasteiger partial charge in [0.25, 0.3) is 0 Å². The second-order valence-electron chi connectivity index (χ2n) is 3.48. The topological polar surface area (TPSA) is 36.7 Å². The first-order chi connectivity index (χ1) is 6.72. The van der Waals surface area contributed by atoms with Gasteiger partial charge in [-0.25, -0.2) is 0 Å². The first-order valence-electron chi connectivity index (χ1n) is 4.47. The van der Waals surface area contributed by atoms with Gasteiger partial charge in [-0.05, 0) is 25.5 Å². The second kappa shape index (κ2) is 3.12. The lowest BCUT2D eigenvalue weighted by atomic mass is 10.0. The van der Waals surface area contributed by atoms with Gasteiger partial charge in [0.05, 0.1) is 5.56 Å². The molecule has 0 unspecified atom stereocenters. The molecule has 0 bridgehead atoms. The summed E-state index contributed by atoms with van der Waals surface area (Å²) in [7, 11) is 0. The molecular weight excluding hydrogens is 172 g/mol. The summed E-state index contributed by atoms with van der Waals surface area (Å²) in [6.07, 6.45) is 3.42. The number of fused-ring (bicyclic) bond motifs is 1. The molecule has 0 saturated carbocycles. The third-order valence-corrected chi connectivity index (χ3v) is 2.32. The molecule has 1 heterocycles. The highest BCUT2D eigenvalue weighted by atomic mass is 14.6. The zero-order chi connectivity index (χ0) is 10.1. The molecule has 0 radical (unpaired) electrons. The number of pyridine rings is 1. The smallest absolute Gasteiger partial charge is 0.101 e. The normalized spacial score (nSPS) is 10.1. The van der Waals surface area contributed by atoms with Crippen LogP contribution < -0.4 is 0 Å². The second-order valence-corrected chi connectivity index (χ2v) is 3.48. The van der Waals surface area contributed by atoms with Crippen molar-refractivity contribution < 1.29 is 0 Å². The molecule has 0 N–H and O–H groups in total. The lowest BCUT2D eigenvalue weighted by Gasteiger charge is -2.04. The zero-order valence-corrected chi connectivity index (χ0v) is 8.20. The Hall–Kier alpha value is -1.88. The molecule has 0 spiro atoms. The van der Waals surface area contributed by atoms with Crippen molar-refractivity contribution >= 4 is 10.8 Å². The average molecular weight is 182 g/mol. The van der Waals surface area contributed by atoms with Gasteiger partial charge in [-0.2, -0.15) is 5.26 Å². The maximum atomic E-state index is 8.94. The largest absolute Gasteiger partial charge is 0.263 e. The summed E-state index contributed by atoms with van der Waals surface area (Å²) in [5.74, 6) is 0. The molecule has 2 rings (SSSR count). The lowest BCUT2D eigenvalue weighted by molar-refractivity contribution is 1.32. The average Bonchev–Trinajstić information content (AvgIpc) is 2.16. The number of benzene rings is 1. The molecule has 2 heteroatoms. The van der Waals surface area contributed by atoms with Gasteiger partial charge < -0.3 is 0 Å². The Morgan fingerprint density at radius 1 is 1.21 bits per heavy atom. The minimum absolute atomic E-state index is 0.653. The number of hydrogen-bond acceptors (Lipinski definition) is 2. The summed E-state index contributed by atoms with van der Waals surface area (Å²) in [5, 5.41) is 11.0. The number of nitriles is 1. The molecule has 0 fully saturated rings. The van der Waals surface area contributed by atoms with Crippen LogP contribution in [0.1, 0.15) is 16.7 Å². The number of nitrogens with zero attached hydrogens (tertiary/aromatic N) is 2. The standard InChI is InChI=1S/C12H10N2/c1-8-3-9(2)12-10(4-8)6-14-7-11(12)5-13/h3-4,6-7H,1-2H3. The summed E-state index contributed by atoms with van der Waals surface area (Å²) in [6, 6.07) is 6.31. The SMILES string of the molecule is Cc1cc(C)c2c(C#N)cncc2c1. The Balaban J connectivity index is 2.96. The van der Waals surface area contributed by atoms with Gasteiger partial charge in [0.1, 0.15) is 6.07 Å². The maximum absolute atomic E-state index is 8.94. The Labute approximate surface area is 82.8 Å². The van der Waals surface area contributed by atoms with E-state index in [1.165, 1.54) is 5.56 Å². The first kappa shape index (κ1) is 8.71. The number of aromatic nitrogens is 1. The fourth-order valence-electron chi connectivity index (χ4n) is 1.81. The van der Waals surface area contributed by atoms with Crippen molar-refractivity contribution in [3.05, 3.63) is 41.2 Å². The van der Waals surface area contributed by atoms with Crippen LogP contribution in [0.15, 0.2) is 24.5 Å². The van der Waals surface area contributed by atoms with Crippen LogP contribution in [0.3, 0.4) is 0 Å². The molecule has 0 amide bonds. The molecule has 1 aromatic carbocycles. The minimum atomic E-state index is 0.653. The maximum Gasteiger partial charge on any atom is 0.101 e. The minimum Gasteiger partial charge on any atom is -0.263 e. The van der Waals surface area contributed by atoms with Crippen molar-refractivity contribution in [1.82, 2.24) is 4.98 Å². The third kappa shape index (κ3) is 1.23. The Morgan fingerprint density at radius 2 is 2.00 bits per heavy atom. The number of aryl methyl sites for hydroxylation is 2. The highest BCUT2D eigenvalue weighted by Crippen LogP contribution is 2.22. The van der Waals surface area contributed by atoms with Crippen LogP contribution in [0.2, 0.25) is 0 Å². The van der Waals surface area contributed by atoms with E-state index in [0.29, 0.717) is 5.56 Å². The van der Waals surface area contributed by atoms with Crippen LogP contribution >= 0.6 is 0 Å². The van der Waals surface area contributed by atoms with Crippen molar-refractivity contribution in [1.29, 1.82) is 5.26 Å². The van der Waals surface area contributed by atoms with E-state index < -0.39 is 0 Å². The van der Waals surface area contributed by atoms with E-state index in [0.717, 1.165) is 16.3 Å². The van der Waals surface area contributed by atoms with Gasteiger partial charge in [0, 0.05) is 23.2 Å². The molecule has 14 heavy (non-hydrogen) atoms. The molecule has 68 valence electrons. The predicted molar refractivity (Wildman–Crippen MR) is 55.9 cm³/mol. The van der Waals surface area contributed by atoms with Crippen molar-refractivity contribution in [3.8, 4) is 6.07 Å². The first-order valence-corrected chi connectivity index (χ1v) is 4.47. The van der Waals surface area contributed by atoms with E-state index in [1.807, 2.05) is 13.8 Å². The van der Waals surface area contributed by atoms with Crippen LogP contribution in [0, 0.1) is 25.2 Å². The van der Waals surface area contributed by atoms with Crippen molar-refractivity contribution in [3.63, 3.8) is 0 Å². The summed E-state index contributed by atoms with van der Waals surface area (Å²) in [5.41, 5.74) is 2.99. The van der Waals surface area contributed by atoms with Crippen molar-refractivity contribution in [2.45, 2.75) is 13.8 Å². The van der Waals surface area contributed by atoms with Gasteiger partial charge >= 0.3 is 0 Å². The van der Waals surface area contributed by atoms with Gasteiger partial charge in [-0.15, -0.1) is 0 Å². The monoisotopic (exact) mass is 182 g/mol. The van der Waals surface area contributed by atoms with Crippen molar-refractivity contribution in [2.75, 3.05) is 0 Å². The molecule has 2 nitrogen and oxygen atoms in total. The lowest BCUT2D eigenvalue weighted by Crippen LogP contribution is -1.87. The number of hydrogen-bond donors (Lipinski definition) is 0. The zero-order valence-electron chi connectivity index (χ0n) is 8.20. The highest BCUT2D eigenvalue weighted by Gasteiger charge is 2.04. The Morgan fingerprint density at radius 3 is 2.71 bits per heavy atom. The van der Waals surface area contributed by atoms with Gasteiger partial charge in [0.2, 0.25) is 0 Å². The van der Waals surface area contributed by atoms with Crippen LogP contribution in [-0.4, -0.2) is 4.98 Å². The van der Waals surface area contributed by atoms with E-state index in [-0.39, 0.29) is 0 Å². The van der Waals surface area contributed by atoms with Crippen LogP contribution in [-0.2, 0) is 0 Å². The summed E-state index contributed by atoms with van der Waals surface area (Å²) < 4.78 is 0. The van der Waals surface area contributed by atoms with E-state index >= 15 is 0 Å². The summed E-state index contributed by atoms with van der Waals surface area (Å²) in [4.78, 5) is 4.04. The van der Waals surface area contributed by atoms with Crippen LogP contribution in [0.25, 0.3) is 10.8 Å². The van der Waals surface area contributed by atoms with Gasteiger partial charge in [0.15, 0.2) is 0 Å². The van der Waals surface area contributed by atoms with Gasteiger partial charge in [-0.1, -0.05) is 11.6 Å². The fraction of sp³-hybridized carbons (Fsp3) is 0.167. The van der Waals surface area contributed by atoms with Crippen molar-refractivity contribution in [2.24, 2.45) is 0 Å². The summed E-state index contributed by atoms with van der Waals surface area (Å²) >= 11 is 0. The molecule has 0 aliphatic rings. The van der Waals surface area contributed by atoms with E-state index in [2.05, 4.69) is 23.2 Å². The Kier molecular flexibility index (Phi) is 1.94. The third-order valence-electron chi connectivity index (χ3n) is 2.32. The number of rotatable bonds is 0. The quantitative estimate of drug-likeness (QED) is 0.628. The molecule has 0 aliphatic heterocycles. The molecule has 2 aromatic rings. The summed E-state index contributed by atoms with van der Waals surface area (Å²) in [6.45, 7) is 4.07. The van der Waals surface area contributed by atoms with Crippen LogP contribution in [0.5, 0.6) is 0 Å². The molecule has 0 atom stereocenters. The van der Waals surface area contributed by atoms with Crippen LogP contribution in [0.4, 0.5) is 0 Å². The van der Waals surface area contributed by atoms with Gasteiger partial charge in [-0.3, -0.25) is 4.98 Å². The Bertz CT molecular complexity index is 536. The van der Waals surface area contributed by atoms with E-state index in [4.69, 9.17) is 5.26 Å². The highest BCUT2D eigenvalue weighted by molar-refractivity contribution is 5.90.